The van der Waals surface area contributed by atoms with Crippen molar-refractivity contribution in [3.05, 3.63) is 0 Å². The summed E-state index contributed by atoms with van der Waals surface area (Å²) in [6.07, 6.45) is 5.14. The summed E-state index contributed by atoms with van der Waals surface area (Å²) < 4.78 is 0. The molecule has 0 bridgehead atoms. The summed E-state index contributed by atoms with van der Waals surface area (Å²) in [7, 11) is 0. The lowest BCUT2D eigenvalue weighted by atomic mass is 9.84. The zero-order valence-electron chi connectivity index (χ0n) is 14.4. The lowest BCUT2D eigenvalue weighted by Gasteiger charge is -2.42. The largest absolute Gasteiger partial charge is 0.368 e. The lowest BCUT2D eigenvalue weighted by Crippen LogP contribution is -2.53. The molecule has 2 amide bonds. The molecule has 1 unspecified atom stereocenters. The first kappa shape index (κ1) is 17.3. The van der Waals surface area contributed by atoms with Crippen LogP contribution in [0.2, 0.25) is 0 Å². The molecule has 22 heavy (non-hydrogen) atoms. The predicted molar refractivity (Wildman–Crippen MR) is 87.1 cm³/mol. The predicted octanol–water partition coefficient (Wildman–Crippen LogP) is 1.66. The van der Waals surface area contributed by atoms with Crippen LogP contribution in [0.25, 0.3) is 0 Å². The molecular weight excluding hydrogens is 278 g/mol. The lowest BCUT2D eigenvalue weighted by molar-refractivity contribution is -0.145. The highest BCUT2D eigenvalue weighted by Crippen LogP contribution is 2.33. The van der Waals surface area contributed by atoms with Crippen molar-refractivity contribution in [1.82, 2.24) is 10.2 Å². The molecule has 2 atom stereocenters. The van der Waals surface area contributed by atoms with Crippen LogP contribution in [0.5, 0.6) is 0 Å². The van der Waals surface area contributed by atoms with E-state index in [1.807, 2.05) is 20.8 Å². The highest BCUT2D eigenvalue weighted by atomic mass is 16.2. The van der Waals surface area contributed by atoms with E-state index in [1.165, 1.54) is 12.8 Å². The van der Waals surface area contributed by atoms with Crippen LogP contribution >= 0.6 is 0 Å². The first-order chi connectivity index (χ1) is 10.2. The molecule has 2 fully saturated rings. The zero-order chi connectivity index (χ0) is 16.5. The minimum atomic E-state index is -0.395. The molecule has 0 spiro atoms. The van der Waals surface area contributed by atoms with Gasteiger partial charge < -0.3 is 16.0 Å². The van der Waals surface area contributed by atoms with E-state index in [2.05, 4.69) is 17.1 Å². The van der Waals surface area contributed by atoms with Crippen LogP contribution in [0.1, 0.15) is 59.8 Å². The van der Waals surface area contributed by atoms with Gasteiger partial charge in [0.1, 0.15) is 0 Å². The van der Waals surface area contributed by atoms with E-state index in [0.717, 1.165) is 18.8 Å². The van der Waals surface area contributed by atoms with Crippen molar-refractivity contribution in [2.45, 2.75) is 77.9 Å². The quantitative estimate of drug-likeness (QED) is 0.832. The molecule has 2 rings (SSSR count). The molecule has 0 aromatic carbocycles. The van der Waals surface area contributed by atoms with Crippen LogP contribution in [0.15, 0.2) is 0 Å². The van der Waals surface area contributed by atoms with Crippen LogP contribution in [0.3, 0.4) is 0 Å². The first-order valence-electron chi connectivity index (χ1n) is 8.55. The number of hydrogen-bond donors (Lipinski definition) is 2. The Hall–Kier alpha value is -1.10. The van der Waals surface area contributed by atoms with Crippen LogP contribution < -0.4 is 11.1 Å². The molecule has 2 aliphatic rings. The first-order valence-corrected chi connectivity index (χ1v) is 8.55. The molecule has 0 aromatic heterocycles. The second kappa shape index (κ2) is 6.57. The molecule has 1 aliphatic heterocycles. The number of amides is 2. The zero-order valence-corrected chi connectivity index (χ0v) is 14.4. The normalized spacial score (nSPS) is 32.7. The summed E-state index contributed by atoms with van der Waals surface area (Å²) in [4.78, 5) is 26.5. The maximum absolute atomic E-state index is 13.0. The Labute approximate surface area is 134 Å². The van der Waals surface area contributed by atoms with E-state index < -0.39 is 5.41 Å². The monoisotopic (exact) mass is 309 g/mol. The summed E-state index contributed by atoms with van der Waals surface area (Å²) in [5.41, 5.74) is 5.02. The number of carbonyl (C=O) groups is 2. The summed E-state index contributed by atoms with van der Waals surface area (Å²) in [6, 6.07) is 0.0896. The van der Waals surface area contributed by atoms with Gasteiger partial charge in [0.15, 0.2) is 0 Å². The number of primary amides is 1. The van der Waals surface area contributed by atoms with E-state index in [1.54, 1.807) is 0 Å². The molecule has 126 valence electrons. The van der Waals surface area contributed by atoms with Crippen molar-refractivity contribution in [2.75, 3.05) is 6.54 Å². The Bertz CT molecular complexity index is 422. The Morgan fingerprint density at radius 1 is 1.09 bits per heavy atom. The van der Waals surface area contributed by atoms with Gasteiger partial charge in [0.2, 0.25) is 11.8 Å². The van der Waals surface area contributed by atoms with Crippen molar-refractivity contribution < 1.29 is 9.59 Å². The van der Waals surface area contributed by atoms with Crippen molar-refractivity contribution in [3.63, 3.8) is 0 Å². The molecule has 1 aliphatic carbocycles. The number of nitrogens with two attached hydrogens (primary N) is 1. The van der Waals surface area contributed by atoms with Gasteiger partial charge in [0.25, 0.3) is 0 Å². The van der Waals surface area contributed by atoms with Gasteiger partial charge in [-0.3, -0.25) is 9.59 Å². The van der Waals surface area contributed by atoms with Crippen LogP contribution in [0, 0.1) is 11.3 Å². The second-order valence-electron chi connectivity index (χ2n) is 8.13. The van der Waals surface area contributed by atoms with E-state index >= 15 is 0 Å². The Morgan fingerprint density at radius 2 is 1.68 bits per heavy atom. The SMILES string of the molecule is CC1CCC(N(C(=O)C(C)(C)C)C2CN[C@H](C(N)=O)C2)CC1. The maximum atomic E-state index is 13.0. The van der Waals surface area contributed by atoms with Crippen molar-refractivity contribution in [3.8, 4) is 0 Å². The molecule has 5 heteroatoms. The molecule has 3 N–H and O–H groups in total. The number of rotatable bonds is 3. The van der Waals surface area contributed by atoms with Gasteiger partial charge in [-0.15, -0.1) is 0 Å². The standard InChI is InChI=1S/C17H31N3O2/c1-11-5-7-12(8-6-11)20(16(22)17(2,3)4)13-9-14(15(18)21)19-10-13/h11-14,19H,5-10H2,1-4H3,(H2,18,21)/t11?,12?,13?,14-/m0/s1. The third kappa shape index (κ3) is 3.80. The van der Waals surface area contributed by atoms with Crippen molar-refractivity contribution in [1.29, 1.82) is 0 Å². The number of carbonyl (C=O) groups excluding carboxylic acids is 2. The van der Waals surface area contributed by atoms with Gasteiger partial charge >= 0.3 is 0 Å². The van der Waals surface area contributed by atoms with Crippen molar-refractivity contribution in [2.24, 2.45) is 17.1 Å². The summed E-state index contributed by atoms with van der Waals surface area (Å²) in [5, 5.41) is 3.17. The highest BCUT2D eigenvalue weighted by Gasteiger charge is 2.41. The van der Waals surface area contributed by atoms with E-state index in [0.29, 0.717) is 19.0 Å². The molecule has 1 heterocycles. The second-order valence-corrected chi connectivity index (χ2v) is 8.13. The van der Waals surface area contributed by atoms with Gasteiger partial charge in [0.05, 0.1) is 6.04 Å². The highest BCUT2D eigenvalue weighted by molar-refractivity contribution is 5.83. The molecule has 0 aromatic rings. The van der Waals surface area contributed by atoms with E-state index in [4.69, 9.17) is 5.73 Å². The third-order valence-electron chi connectivity index (χ3n) is 5.10. The Kier molecular flexibility index (Phi) is 5.15. The fraction of sp³-hybridized carbons (Fsp3) is 0.882. The van der Waals surface area contributed by atoms with E-state index in [-0.39, 0.29) is 23.9 Å². The van der Waals surface area contributed by atoms with Gasteiger partial charge in [-0.1, -0.05) is 27.7 Å². The summed E-state index contributed by atoms with van der Waals surface area (Å²) >= 11 is 0. The molecule has 1 saturated carbocycles. The van der Waals surface area contributed by atoms with Crippen LogP contribution in [0.4, 0.5) is 0 Å². The fourth-order valence-electron chi connectivity index (χ4n) is 3.68. The van der Waals surface area contributed by atoms with Gasteiger partial charge in [-0.05, 0) is 38.0 Å². The third-order valence-corrected chi connectivity index (χ3v) is 5.10. The maximum Gasteiger partial charge on any atom is 0.234 e. The molecule has 5 nitrogen and oxygen atoms in total. The topological polar surface area (TPSA) is 75.4 Å². The minimum Gasteiger partial charge on any atom is -0.368 e. The average molecular weight is 309 g/mol. The smallest absolute Gasteiger partial charge is 0.234 e. The minimum absolute atomic E-state index is 0.0858. The van der Waals surface area contributed by atoms with Gasteiger partial charge in [-0.2, -0.15) is 0 Å². The number of hydrogen-bond acceptors (Lipinski definition) is 3. The van der Waals surface area contributed by atoms with E-state index in [9.17, 15) is 9.59 Å². The van der Waals surface area contributed by atoms with Gasteiger partial charge in [0, 0.05) is 24.0 Å². The Morgan fingerprint density at radius 3 is 2.14 bits per heavy atom. The van der Waals surface area contributed by atoms with Crippen LogP contribution in [-0.2, 0) is 9.59 Å². The van der Waals surface area contributed by atoms with Gasteiger partial charge in [-0.25, -0.2) is 0 Å². The molecule has 0 radical (unpaired) electrons. The number of nitrogens with one attached hydrogen (secondary N) is 1. The van der Waals surface area contributed by atoms with Crippen LogP contribution in [-0.4, -0.2) is 41.4 Å². The average Bonchev–Trinajstić information content (AvgIpc) is 2.90. The van der Waals surface area contributed by atoms with Crippen molar-refractivity contribution >= 4 is 11.8 Å². The molecule has 1 saturated heterocycles. The fourth-order valence-corrected chi connectivity index (χ4v) is 3.68. The molecular formula is C17H31N3O2. The summed E-state index contributed by atoms with van der Waals surface area (Å²) in [5.74, 6) is 0.634. The Balaban J connectivity index is 2.15. The number of nitrogens with zero attached hydrogens (tertiary/aromatic N) is 1. The summed E-state index contributed by atoms with van der Waals surface area (Å²) in [6.45, 7) is 8.87.